The van der Waals surface area contributed by atoms with Crippen LogP contribution in [0.1, 0.15) is 11.4 Å². The van der Waals surface area contributed by atoms with Crippen molar-refractivity contribution < 1.29 is 5.11 Å². The van der Waals surface area contributed by atoms with Crippen LogP contribution in [0.5, 0.6) is 0 Å². The van der Waals surface area contributed by atoms with E-state index in [0.717, 1.165) is 16.5 Å². The molecule has 6 nitrogen and oxygen atoms in total. The zero-order valence-electron chi connectivity index (χ0n) is 9.25. The molecule has 0 saturated heterocycles. The number of aliphatic hydroxyl groups is 1. The van der Waals surface area contributed by atoms with Crippen LogP contribution >= 0.6 is 0 Å². The molecule has 2 N–H and O–H groups in total. The molecule has 0 aliphatic heterocycles. The third-order valence-electron chi connectivity index (χ3n) is 2.65. The van der Waals surface area contributed by atoms with Gasteiger partial charge in [-0.05, 0) is 13.0 Å². The van der Waals surface area contributed by atoms with E-state index in [1.165, 1.54) is 0 Å². The Hall–Kier alpha value is -2.21. The van der Waals surface area contributed by atoms with Crippen LogP contribution in [-0.4, -0.2) is 29.8 Å². The molecule has 0 bridgehead atoms. The van der Waals surface area contributed by atoms with E-state index in [2.05, 4.69) is 20.1 Å². The van der Waals surface area contributed by atoms with Gasteiger partial charge in [0.2, 0.25) is 0 Å². The summed E-state index contributed by atoms with van der Waals surface area (Å²) in [6.07, 6.45) is 5.10. The Morgan fingerprint density at radius 2 is 2.29 bits per heavy atom. The van der Waals surface area contributed by atoms with Gasteiger partial charge in [0.15, 0.2) is 5.82 Å². The fraction of sp³-hybridized carbons (Fsp3) is 0.182. The maximum atomic E-state index is 9.23. The SMILES string of the molecule is Cc1ncn(-c2ncc(CO)c3cc[nH]c23)n1. The number of aromatic nitrogens is 5. The van der Waals surface area contributed by atoms with Gasteiger partial charge in [-0.25, -0.2) is 14.6 Å². The molecule has 0 unspecified atom stereocenters. The highest BCUT2D eigenvalue weighted by Crippen LogP contribution is 2.21. The number of hydrogen-bond acceptors (Lipinski definition) is 4. The second kappa shape index (κ2) is 3.67. The minimum Gasteiger partial charge on any atom is -0.392 e. The van der Waals surface area contributed by atoms with Crippen LogP contribution in [0.15, 0.2) is 24.8 Å². The van der Waals surface area contributed by atoms with Gasteiger partial charge in [0.1, 0.15) is 12.2 Å². The average molecular weight is 229 g/mol. The van der Waals surface area contributed by atoms with E-state index in [9.17, 15) is 5.11 Å². The van der Waals surface area contributed by atoms with E-state index in [-0.39, 0.29) is 6.61 Å². The second-order valence-electron chi connectivity index (χ2n) is 3.77. The fourth-order valence-electron chi connectivity index (χ4n) is 1.84. The monoisotopic (exact) mass is 229 g/mol. The summed E-state index contributed by atoms with van der Waals surface area (Å²) in [5.74, 6) is 1.38. The Kier molecular flexibility index (Phi) is 2.15. The third kappa shape index (κ3) is 1.50. The zero-order chi connectivity index (χ0) is 11.8. The molecule has 0 saturated carbocycles. The van der Waals surface area contributed by atoms with Crippen LogP contribution in [0.3, 0.4) is 0 Å². The first-order chi connectivity index (χ1) is 8.29. The number of H-pyrrole nitrogens is 1. The van der Waals surface area contributed by atoms with Crippen molar-refractivity contribution in [3.05, 3.63) is 36.2 Å². The summed E-state index contributed by atoms with van der Waals surface area (Å²) in [5.41, 5.74) is 1.64. The number of fused-ring (bicyclic) bond motifs is 1. The van der Waals surface area contributed by atoms with Crippen LogP contribution in [0, 0.1) is 6.92 Å². The van der Waals surface area contributed by atoms with Crippen molar-refractivity contribution in [3.8, 4) is 5.82 Å². The Balaban J connectivity index is 2.27. The van der Waals surface area contributed by atoms with Crippen molar-refractivity contribution in [3.63, 3.8) is 0 Å². The van der Waals surface area contributed by atoms with E-state index in [1.54, 1.807) is 17.2 Å². The predicted molar refractivity (Wildman–Crippen MR) is 61.7 cm³/mol. The lowest BCUT2D eigenvalue weighted by molar-refractivity contribution is 0.283. The predicted octanol–water partition coefficient (Wildman–Crippen LogP) is 0.944. The summed E-state index contributed by atoms with van der Waals surface area (Å²) in [6.45, 7) is 1.79. The topological polar surface area (TPSA) is 79.6 Å². The molecule has 3 heterocycles. The maximum Gasteiger partial charge on any atom is 0.179 e. The highest BCUT2D eigenvalue weighted by Gasteiger charge is 2.10. The molecule has 0 radical (unpaired) electrons. The fourth-order valence-corrected chi connectivity index (χ4v) is 1.84. The summed E-state index contributed by atoms with van der Waals surface area (Å²) in [5, 5.41) is 14.4. The van der Waals surface area contributed by atoms with Crippen molar-refractivity contribution in [2.24, 2.45) is 0 Å². The third-order valence-corrected chi connectivity index (χ3v) is 2.65. The van der Waals surface area contributed by atoms with Gasteiger partial charge < -0.3 is 10.1 Å². The number of aryl methyl sites for hydroxylation is 1. The van der Waals surface area contributed by atoms with Gasteiger partial charge in [-0.2, -0.15) is 5.10 Å². The Morgan fingerprint density at radius 3 is 3.00 bits per heavy atom. The largest absolute Gasteiger partial charge is 0.392 e. The van der Waals surface area contributed by atoms with Crippen molar-refractivity contribution >= 4 is 10.9 Å². The standard InChI is InChI=1S/C11H11N5O/c1-7-14-6-16(15-7)11-10-9(2-3-12-10)8(5-17)4-13-11/h2-4,6,12,17H,5H2,1H3. The van der Waals surface area contributed by atoms with E-state index in [4.69, 9.17) is 0 Å². The van der Waals surface area contributed by atoms with Gasteiger partial charge in [0.05, 0.1) is 12.1 Å². The number of nitrogens with one attached hydrogen (secondary N) is 1. The molecule has 0 fully saturated rings. The van der Waals surface area contributed by atoms with Crippen molar-refractivity contribution in [2.75, 3.05) is 0 Å². The average Bonchev–Trinajstić information content (AvgIpc) is 2.96. The summed E-state index contributed by atoms with van der Waals surface area (Å²) >= 11 is 0. The molecular formula is C11H11N5O. The van der Waals surface area contributed by atoms with Crippen LogP contribution in [-0.2, 0) is 6.61 Å². The molecule has 3 aromatic rings. The first-order valence-corrected chi connectivity index (χ1v) is 5.24. The number of pyridine rings is 1. The van der Waals surface area contributed by atoms with E-state index in [1.807, 2.05) is 19.2 Å². The van der Waals surface area contributed by atoms with Gasteiger partial charge in [-0.1, -0.05) is 0 Å². The van der Waals surface area contributed by atoms with Crippen LogP contribution < -0.4 is 0 Å². The van der Waals surface area contributed by atoms with Crippen LogP contribution in [0.4, 0.5) is 0 Å². The first kappa shape index (κ1) is 9.98. The summed E-state index contributed by atoms with van der Waals surface area (Å²) in [4.78, 5) is 11.5. The van der Waals surface area contributed by atoms with Gasteiger partial charge >= 0.3 is 0 Å². The molecule has 6 heteroatoms. The van der Waals surface area contributed by atoms with Gasteiger partial charge in [-0.15, -0.1) is 0 Å². The molecule has 17 heavy (non-hydrogen) atoms. The molecule has 0 aliphatic rings. The molecule has 0 aliphatic carbocycles. The molecule has 3 aromatic heterocycles. The van der Waals surface area contributed by atoms with E-state index >= 15 is 0 Å². The van der Waals surface area contributed by atoms with Crippen LogP contribution in [0.25, 0.3) is 16.7 Å². The lowest BCUT2D eigenvalue weighted by Gasteiger charge is -2.04. The first-order valence-electron chi connectivity index (χ1n) is 5.24. The maximum absolute atomic E-state index is 9.23. The number of aliphatic hydroxyl groups excluding tert-OH is 1. The summed E-state index contributed by atoms with van der Waals surface area (Å²) in [6, 6.07) is 1.91. The zero-order valence-corrected chi connectivity index (χ0v) is 9.25. The number of rotatable bonds is 2. The van der Waals surface area contributed by atoms with Gasteiger partial charge in [0.25, 0.3) is 0 Å². The van der Waals surface area contributed by atoms with Gasteiger partial charge in [-0.3, -0.25) is 0 Å². The summed E-state index contributed by atoms with van der Waals surface area (Å²) < 4.78 is 1.62. The van der Waals surface area contributed by atoms with Crippen LogP contribution in [0.2, 0.25) is 0 Å². The number of aromatic amines is 1. The molecular weight excluding hydrogens is 218 g/mol. The quantitative estimate of drug-likeness (QED) is 0.685. The van der Waals surface area contributed by atoms with Crippen molar-refractivity contribution in [1.82, 2.24) is 24.7 Å². The molecule has 0 atom stereocenters. The lowest BCUT2D eigenvalue weighted by atomic mass is 10.2. The van der Waals surface area contributed by atoms with Gasteiger partial charge in [0, 0.05) is 23.3 Å². The minimum absolute atomic E-state index is 0.0297. The molecule has 0 amide bonds. The Bertz CT molecular complexity index is 669. The summed E-state index contributed by atoms with van der Waals surface area (Å²) in [7, 11) is 0. The molecule has 86 valence electrons. The normalized spacial score (nSPS) is 11.2. The highest BCUT2D eigenvalue weighted by atomic mass is 16.3. The second-order valence-corrected chi connectivity index (χ2v) is 3.77. The Morgan fingerprint density at radius 1 is 1.41 bits per heavy atom. The number of nitrogens with zero attached hydrogens (tertiary/aromatic N) is 4. The van der Waals surface area contributed by atoms with Crippen molar-refractivity contribution in [1.29, 1.82) is 0 Å². The smallest absolute Gasteiger partial charge is 0.179 e. The highest BCUT2D eigenvalue weighted by molar-refractivity contribution is 5.87. The minimum atomic E-state index is -0.0297. The van der Waals surface area contributed by atoms with E-state index in [0.29, 0.717) is 11.6 Å². The van der Waals surface area contributed by atoms with E-state index < -0.39 is 0 Å². The molecule has 3 rings (SSSR count). The molecule has 0 spiro atoms. The Labute approximate surface area is 96.9 Å². The number of hydrogen-bond donors (Lipinski definition) is 2. The lowest BCUT2D eigenvalue weighted by Crippen LogP contribution is -2.01. The molecule has 0 aromatic carbocycles. The van der Waals surface area contributed by atoms with Crippen molar-refractivity contribution in [2.45, 2.75) is 13.5 Å².